The summed E-state index contributed by atoms with van der Waals surface area (Å²) in [5.74, 6) is 3.22. The second-order valence-corrected chi connectivity index (χ2v) is 10.4. The highest BCUT2D eigenvalue weighted by atomic mass is 16.5. The van der Waals surface area contributed by atoms with Gasteiger partial charge in [0.15, 0.2) is 5.82 Å². The van der Waals surface area contributed by atoms with Crippen LogP contribution in [0.25, 0.3) is 62.4 Å². The summed E-state index contributed by atoms with van der Waals surface area (Å²) in [5.41, 5.74) is 8.40. The number of para-hydroxylation sites is 1. The van der Waals surface area contributed by atoms with E-state index in [9.17, 15) is 0 Å². The van der Waals surface area contributed by atoms with Gasteiger partial charge >= 0.3 is 0 Å². The molecule has 194 valence electrons. The Balaban J connectivity index is 1.42. The third-order valence-electron chi connectivity index (χ3n) is 7.70. The molecule has 1 aliphatic heterocycles. The fraction of sp³-hybridized carbons (Fsp3) is 0.0270. The summed E-state index contributed by atoms with van der Waals surface area (Å²) < 4.78 is 8.74. The molecule has 3 heterocycles. The molecule has 41 heavy (non-hydrogen) atoms. The van der Waals surface area contributed by atoms with Gasteiger partial charge in [-0.05, 0) is 43.3 Å². The molecule has 0 spiro atoms. The van der Waals surface area contributed by atoms with Crippen LogP contribution in [0.5, 0.6) is 11.5 Å². The van der Waals surface area contributed by atoms with Gasteiger partial charge < -0.3 is 4.74 Å². The van der Waals surface area contributed by atoms with Crippen molar-refractivity contribution in [1.29, 1.82) is 0 Å². The number of hydrogen-bond acceptors (Lipinski definition) is 3. The van der Waals surface area contributed by atoms with Crippen LogP contribution in [0.1, 0.15) is 16.7 Å². The number of aryl methyl sites for hydroxylation is 1. The molecule has 0 bridgehead atoms. The number of benzene rings is 5. The predicted octanol–water partition coefficient (Wildman–Crippen LogP) is 9.49. The quantitative estimate of drug-likeness (QED) is 0.230. The molecule has 0 aliphatic carbocycles. The molecule has 0 saturated heterocycles. The first kappa shape index (κ1) is 23.4. The van der Waals surface area contributed by atoms with Crippen molar-refractivity contribution in [3.05, 3.63) is 138 Å². The summed E-state index contributed by atoms with van der Waals surface area (Å²) in [5, 5.41) is 2.29. The van der Waals surface area contributed by atoms with Crippen molar-refractivity contribution >= 4 is 34.0 Å². The van der Waals surface area contributed by atoms with Crippen molar-refractivity contribution in [3.63, 3.8) is 0 Å². The molecular weight excluding hydrogens is 502 g/mol. The first-order valence-corrected chi connectivity index (χ1v) is 13.8. The zero-order valence-corrected chi connectivity index (χ0v) is 22.5. The highest BCUT2D eigenvalue weighted by Gasteiger charge is 2.21. The molecule has 0 amide bonds. The minimum atomic E-state index is 0.691. The van der Waals surface area contributed by atoms with E-state index in [1.807, 2.05) is 36.4 Å². The Kier molecular flexibility index (Phi) is 5.32. The Bertz CT molecular complexity index is 2070. The van der Waals surface area contributed by atoms with Gasteiger partial charge in [0, 0.05) is 39.1 Å². The maximum Gasteiger partial charge on any atom is 0.162 e. The SMILES string of the molecule is Cc1ccc2c(c1)C=Cc1c(ccc3c1c1ccccc1n3-c1cc(-c3ccccc3)nc(-c3ccccc3)n1)O2. The lowest BCUT2D eigenvalue weighted by Gasteiger charge is -2.13. The van der Waals surface area contributed by atoms with Crippen LogP contribution >= 0.6 is 0 Å². The summed E-state index contributed by atoms with van der Waals surface area (Å²) >= 11 is 0. The van der Waals surface area contributed by atoms with Gasteiger partial charge in [-0.25, -0.2) is 9.97 Å². The molecule has 0 N–H and O–H groups in total. The molecule has 1 aliphatic rings. The predicted molar refractivity (Wildman–Crippen MR) is 167 cm³/mol. The van der Waals surface area contributed by atoms with E-state index in [0.717, 1.165) is 67.1 Å². The monoisotopic (exact) mass is 527 g/mol. The topological polar surface area (TPSA) is 39.9 Å². The first-order valence-electron chi connectivity index (χ1n) is 13.8. The molecule has 7 aromatic rings. The van der Waals surface area contributed by atoms with E-state index in [0.29, 0.717) is 5.82 Å². The Morgan fingerprint density at radius 3 is 2.17 bits per heavy atom. The minimum Gasteiger partial charge on any atom is -0.456 e. The zero-order valence-electron chi connectivity index (χ0n) is 22.5. The van der Waals surface area contributed by atoms with Crippen LogP contribution in [-0.2, 0) is 0 Å². The van der Waals surface area contributed by atoms with E-state index in [1.165, 1.54) is 5.56 Å². The van der Waals surface area contributed by atoms with E-state index < -0.39 is 0 Å². The fourth-order valence-corrected chi connectivity index (χ4v) is 5.77. The Morgan fingerprint density at radius 2 is 1.34 bits per heavy atom. The number of nitrogens with zero attached hydrogens (tertiary/aromatic N) is 3. The van der Waals surface area contributed by atoms with E-state index in [-0.39, 0.29) is 0 Å². The molecule has 4 heteroatoms. The minimum absolute atomic E-state index is 0.691. The maximum absolute atomic E-state index is 6.49. The van der Waals surface area contributed by atoms with Crippen LogP contribution in [-0.4, -0.2) is 14.5 Å². The maximum atomic E-state index is 6.49. The molecule has 0 radical (unpaired) electrons. The van der Waals surface area contributed by atoms with Crippen LogP contribution < -0.4 is 4.74 Å². The fourth-order valence-electron chi connectivity index (χ4n) is 5.77. The summed E-state index contributed by atoms with van der Waals surface area (Å²) in [6.45, 7) is 2.10. The molecule has 8 rings (SSSR count). The number of fused-ring (bicyclic) bond motifs is 6. The lowest BCUT2D eigenvalue weighted by molar-refractivity contribution is 0.482. The summed E-state index contributed by atoms with van der Waals surface area (Å²) in [7, 11) is 0. The second kappa shape index (κ2) is 9.32. The van der Waals surface area contributed by atoms with Gasteiger partial charge in [0.2, 0.25) is 0 Å². The molecule has 2 aromatic heterocycles. The molecule has 0 unspecified atom stereocenters. The Labute approximate surface area is 237 Å². The zero-order chi connectivity index (χ0) is 27.3. The molecule has 0 fully saturated rings. The molecule has 4 nitrogen and oxygen atoms in total. The van der Waals surface area contributed by atoms with Crippen LogP contribution in [0, 0.1) is 6.92 Å². The van der Waals surface area contributed by atoms with Gasteiger partial charge in [-0.2, -0.15) is 0 Å². The highest BCUT2D eigenvalue weighted by molar-refractivity contribution is 6.14. The van der Waals surface area contributed by atoms with Crippen molar-refractivity contribution in [2.75, 3.05) is 0 Å². The first-order chi connectivity index (χ1) is 20.2. The highest BCUT2D eigenvalue weighted by Crippen LogP contribution is 2.43. The molecule has 5 aromatic carbocycles. The lowest BCUT2D eigenvalue weighted by Crippen LogP contribution is -2.02. The van der Waals surface area contributed by atoms with Crippen LogP contribution in [0.4, 0.5) is 0 Å². The van der Waals surface area contributed by atoms with E-state index in [1.54, 1.807) is 0 Å². The van der Waals surface area contributed by atoms with Gasteiger partial charge in [0.25, 0.3) is 0 Å². The third kappa shape index (κ3) is 3.92. The number of hydrogen-bond donors (Lipinski definition) is 0. The second-order valence-electron chi connectivity index (χ2n) is 10.4. The summed E-state index contributed by atoms with van der Waals surface area (Å²) in [6, 6.07) is 41.6. The molecule has 0 atom stereocenters. The van der Waals surface area contributed by atoms with Gasteiger partial charge in [0.05, 0.1) is 16.7 Å². The van der Waals surface area contributed by atoms with Crippen LogP contribution in [0.2, 0.25) is 0 Å². The van der Waals surface area contributed by atoms with Gasteiger partial charge in [0.1, 0.15) is 17.3 Å². The lowest BCUT2D eigenvalue weighted by atomic mass is 10.0. The van der Waals surface area contributed by atoms with Gasteiger partial charge in [-0.3, -0.25) is 4.57 Å². The number of aromatic nitrogens is 3. The van der Waals surface area contributed by atoms with Crippen molar-refractivity contribution in [1.82, 2.24) is 14.5 Å². The van der Waals surface area contributed by atoms with E-state index in [4.69, 9.17) is 14.7 Å². The third-order valence-corrected chi connectivity index (χ3v) is 7.70. The normalized spacial score (nSPS) is 12.1. The average molecular weight is 528 g/mol. The smallest absolute Gasteiger partial charge is 0.162 e. The van der Waals surface area contributed by atoms with Crippen molar-refractivity contribution in [2.45, 2.75) is 6.92 Å². The standard InChI is InChI=1S/C37H25N3O/c1-24-16-20-33-27(22-24)17-18-29-34(41-33)21-19-32-36(29)28-14-8-9-15-31(28)40(32)35-23-30(25-10-4-2-5-11-25)38-37(39-35)26-12-6-3-7-13-26/h2-23H,1H3. The number of rotatable bonds is 3. The average Bonchev–Trinajstić information content (AvgIpc) is 3.25. The van der Waals surface area contributed by atoms with Gasteiger partial charge in [-0.1, -0.05) is 96.6 Å². The Hall–Kier alpha value is -5.48. The van der Waals surface area contributed by atoms with E-state index >= 15 is 0 Å². The Morgan fingerprint density at radius 1 is 0.610 bits per heavy atom. The van der Waals surface area contributed by atoms with Crippen molar-refractivity contribution in [3.8, 4) is 40.0 Å². The summed E-state index contributed by atoms with van der Waals surface area (Å²) in [6.07, 6.45) is 4.34. The van der Waals surface area contributed by atoms with Crippen molar-refractivity contribution < 1.29 is 4.74 Å². The summed E-state index contributed by atoms with van der Waals surface area (Å²) in [4.78, 5) is 10.1. The van der Waals surface area contributed by atoms with Crippen LogP contribution in [0.3, 0.4) is 0 Å². The number of ether oxygens (including phenoxy) is 1. The van der Waals surface area contributed by atoms with Crippen molar-refractivity contribution in [2.24, 2.45) is 0 Å². The van der Waals surface area contributed by atoms with Gasteiger partial charge in [-0.15, -0.1) is 0 Å². The molecular formula is C37H25N3O. The largest absolute Gasteiger partial charge is 0.456 e. The van der Waals surface area contributed by atoms with E-state index in [2.05, 4.69) is 109 Å². The van der Waals surface area contributed by atoms with Crippen LogP contribution in [0.15, 0.2) is 121 Å². The molecule has 0 saturated carbocycles.